The standard InChI is InChI=1S/C9H16N2O2/c10-9(13)5-11-3-6-1-2-8(12)7(6)4-11/h6-8,12H,1-5H2,(H2,10,13). The second-order valence-corrected chi connectivity index (χ2v) is 4.23. The summed E-state index contributed by atoms with van der Waals surface area (Å²) in [6.07, 6.45) is 1.88. The molecule has 0 aromatic rings. The van der Waals surface area contributed by atoms with Gasteiger partial charge in [0.25, 0.3) is 0 Å². The first-order valence-corrected chi connectivity index (χ1v) is 4.85. The highest BCUT2D eigenvalue weighted by Crippen LogP contribution is 2.37. The summed E-state index contributed by atoms with van der Waals surface area (Å²) in [5, 5.41) is 9.61. The van der Waals surface area contributed by atoms with Crippen molar-refractivity contribution in [3.8, 4) is 0 Å². The molecular weight excluding hydrogens is 168 g/mol. The van der Waals surface area contributed by atoms with Crippen LogP contribution in [0.5, 0.6) is 0 Å². The number of hydrogen-bond donors (Lipinski definition) is 2. The van der Waals surface area contributed by atoms with E-state index in [0.29, 0.717) is 18.4 Å². The van der Waals surface area contributed by atoms with Crippen LogP contribution in [-0.2, 0) is 4.79 Å². The minimum absolute atomic E-state index is 0.150. The topological polar surface area (TPSA) is 66.6 Å². The van der Waals surface area contributed by atoms with Crippen molar-refractivity contribution in [3.63, 3.8) is 0 Å². The Labute approximate surface area is 77.7 Å². The molecule has 0 bridgehead atoms. The molecule has 2 rings (SSSR count). The number of amides is 1. The van der Waals surface area contributed by atoms with Crippen LogP contribution in [0.3, 0.4) is 0 Å². The maximum absolute atomic E-state index is 10.7. The summed E-state index contributed by atoms with van der Waals surface area (Å²) in [4.78, 5) is 12.7. The number of aliphatic hydroxyl groups excluding tert-OH is 1. The molecule has 1 aliphatic carbocycles. The average molecular weight is 184 g/mol. The van der Waals surface area contributed by atoms with Crippen molar-refractivity contribution in [1.82, 2.24) is 4.90 Å². The predicted octanol–water partition coefficient (Wildman–Crippen LogP) is -0.826. The number of primary amides is 1. The number of likely N-dealkylation sites (tertiary alicyclic amines) is 1. The fraction of sp³-hybridized carbons (Fsp3) is 0.889. The second kappa shape index (κ2) is 3.27. The largest absolute Gasteiger partial charge is 0.393 e. The molecule has 3 atom stereocenters. The Morgan fingerprint density at radius 3 is 2.85 bits per heavy atom. The third-order valence-corrected chi connectivity index (χ3v) is 3.27. The molecule has 0 spiro atoms. The molecule has 13 heavy (non-hydrogen) atoms. The number of hydrogen-bond acceptors (Lipinski definition) is 3. The smallest absolute Gasteiger partial charge is 0.231 e. The van der Waals surface area contributed by atoms with Gasteiger partial charge >= 0.3 is 0 Å². The van der Waals surface area contributed by atoms with Crippen molar-refractivity contribution in [1.29, 1.82) is 0 Å². The molecule has 1 heterocycles. The van der Waals surface area contributed by atoms with E-state index in [1.54, 1.807) is 0 Å². The van der Waals surface area contributed by atoms with Gasteiger partial charge < -0.3 is 10.8 Å². The van der Waals surface area contributed by atoms with Gasteiger partial charge in [0.2, 0.25) is 5.91 Å². The molecule has 3 N–H and O–H groups in total. The normalized spacial score (nSPS) is 39.3. The summed E-state index contributed by atoms with van der Waals surface area (Å²) in [6, 6.07) is 0. The number of aliphatic hydroxyl groups is 1. The van der Waals surface area contributed by atoms with Crippen LogP contribution in [0.2, 0.25) is 0 Å². The molecule has 1 saturated carbocycles. The number of nitrogens with two attached hydrogens (primary N) is 1. The van der Waals surface area contributed by atoms with Crippen molar-refractivity contribution in [2.24, 2.45) is 17.6 Å². The second-order valence-electron chi connectivity index (χ2n) is 4.23. The number of fused-ring (bicyclic) bond motifs is 1. The Balaban J connectivity index is 1.91. The number of rotatable bonds is 2. The average Bonchev–Trinajstić information content (AvgIpc) is 2.53. The van der Waals surface area contributed by atoms with E-state index in [2.05, 4.69) is 4.90 Å². The molecule has 1 aliphatic heterocycles. The Morgan fingerprint density at radius 1 is 1.46 bits per heavy atom. The molecule has 1 amide bonds. The van der Waals surface area contributed by atoms with Gasteiger partial charge in [0.05, 0.1) is 12.6 Å². The molecule has 4 heteroatoms. The number of carbonyl (C=O) groups excluding carboxylic acids is 1. The fourth-order valence-corrected chi connectivity index (χ4v) is 2.68. The van der Waals surface area contributed by atoms with E-state index in [1.165, 1.54) is 0 Å². The van der Waals surface area contributed by atoms with Crippen LogP contribution in [0.25, 0.3) is 0 Å². The van der Waals surface area contributed by atoms with Crippen molar-refractivity contribution >= 4 is 5.91 Å². The van der Waals surface area contributed by atoms with Crippen LogP contribution >= 0.6 is 0 Å². The van der Waals surface area contributed by atoms with E-state index < -0.39 is 0 Å². The first-order valence-electron chi connectivity index (χ1n) is 4.85. The van der Waals surface area contributed by atoms with Crippen LogP contribution in [0, 0.1) is 11.8 Å². The minimum atomic E-state index is -0.269. The quantitative estimate of drug-likeness (QED) is 0.589. The van der Waals surface area contributed by atoms with Crippen LogP contribution in [0.15, 0.2) is 0 Å². The van der Waals surface area contributed by atoms with E-state index in [0.717, 1.165) is 25.9 Å². The number of carbonyl (C=O) groups is 1. The Morgan fingerprint density at radius 2 is 2.23 bits per heavy atom. The molecule has 74 valence electrons. The molecule has 1 saturated heterocycles. The SMILES string of the molecule is NC(=O)CN1CC2CCC(O)C2C1. The molecule has 4 nitrogen and oxygen atoms in total. The molecule has 2 aliphatic rings. The van der Waals surface area contributed by atoms with Crippen molar-refractivity contribution < 1.29 is 9.90 Å². The molecule has 3 unspecified atom stereocenters. The van der Waals surface area contributed by atoms with Gasteiger partial charge in [0.1, 0.15) is 0 Å². The molecule has 0 aromatic carbocycles. The third-order valence-electron chi connectivity index (χ3n) is 3.27. The van der Waals surface area contributed by atoms with Gasteiger partial charge in [-0.3, -0.25) is 9.69 Å². The zero-order chi connectivity index (χ0) is 9.42. The van der Waals surface area contributed by atoms with Gasteiger partial charge in [-0.25, -0.2) is 0 Å². The van der Waals surface area contributed by atoms with Gasteiger partial charge in [-0.1, -0.05) is 0 Å². The van der Waals surface area contributed by atoms with Crippen LogP contribution in [0.4, 0.5) is 0 Å². The predicted molar refractivity (Wildman–Crippen MR) is 47.9 cm³/mol. The Hall–Kier alpha value is -0.610. The summed E-state index contributed by atoms with van der Waals surface area (Å²) in [5.41, 5.74) is 5.11. The highest BCUT2D eigenvalue weighted by molar-refractivity contribution is 5.75. The minimum Gasteiger partial charge on any atom is -0.393 e. The summed E-state index contributed by atoms with van der Waals surface area (Å²) in [7, 11) is 0. The van der Waals surface area contributed by atoms with E-state index in [9.17, 15) is 9.90 Å². The van der Waals surface area contributed by atoms with Crippen LogP contribution in [0.1, 0.15) is 12.8 Å². The van der Waals surface area contributed by atoms with Crippen LogP contribution < -0.4 is 5.73 Å². The molecule has 0 radical (unpaired) electrons. The lowest BCUT2D eigenvalue weighted by molar-refractivity contribution is -0.119. The number of nitrogens with zero attached hydrogens (tertiary/aromatic N) is 1. The maximum atomic E-state index is 10.7. The van der Waals surface area contributed by atoms with E-state index in [-0.39, 0.29) is 12.0 Å². The lowest BCUT2D eigenvalue weighted by Crippen LogP contribution is -2.33. The maximum Gasteiger partial charge on any atom is 0.231 e. The zero-order valence-corrected chi connectivity index (χ0v) is 7.65. The monoisotopic (exact) mass is 184 g/mol. The zero-order valence-electron chi connectivity index (χ0n) is 7.65. The lowest BCUT2D eigenvalue weighted by atomic mass is 10.00. The molecule has 2 fully saturated rings. The highest BCUT2D eigenvalue weighted by Gasteiger charge is 2.41. The third kappa shape index (κ3) is 1.69. The van der Waals surface area contributed by atoms with Crippen LogP contribution in [-0.4, -0.2) is 41.7 Å². The van der Waals surface area contributed by atoms with E-state index >= 15 is 0 Å². The Bertz CT molecular complexity index is 220. The summed E-state index contributed by atoms with van der Waals surface area (Å²) >= 11 is 0. The van der Waals surface area contributed by atoms with Crippen molar-refractivity contribution in [2.45, 2.75) is 18.9 Å². The summed E-state index contributed by atoms with van der Waals surface area (Å²) < 4.78 is 0. The Kier molecular flexibility index (Phi) is 2.26. The lowest BCUT2D eigenvalue weighted by Gasteiger charge is -2.15. The first-order chi connectivity index (χ1) is 6.16. The van der Waals surface area contributed by atoms with Crippen molar-refractivity contribution in [3.05, 3.63) is 0 Å². The summed E-state index contributed by atoms with van der Waals surface area (Å²) in [6.45, 7) is 2.12. The molecule has 0 aromatic heterocycles. The fourth-order valence-electron chi connectivity index (χ4n) is 2.68. The van der Waals surface area contributed by atoms with Gasteiger partial charge in [-0.2, -0.15) is 0 Å². The van der Waals surface area contributed by atoms with Gasteiger partial charge in [0, 0.05) is 19.0 Å². The van der Waals surface area contributed by atoms with Gasteiger partial charge in [-0.15, -0.1) is 0 Å². The van der Waals surface area contributed by atoms with E-state index in [1.807, 2.05) is 0 Å². The summed E-state index contributed by atoms with van der Waals surface area (Å²) in [5.74, 6) is 0.711. The van der Waals surface area contributed by atoms with Crippen molar-refractivity contribution in [2.75, 3.05) is 19.6 Å². The highest BCUT2D eigenvalue weighted by atomic mass is 16.3. The van der Waals surface area contributed by atoms with E-state index in [4.69, 9.17) is 5.73 Å². The van der Waals surface area contributed by atoms with Gasteiger partial charge in [-0.05, 0) is 18.8 Å². The molecular formula is C9H16N2O2. The first kappa shape index (κ1) is 8.97. The van der Waals surface area contributed by atoms with Gasteiger partial charge in [0.15, 0.2) is 0 Å².